The van der Waals surface area contributed by atoms with Gasteiger partial charge in [-0.3, -0.25) is 0 Å². The topological polar surface area (TPSA) is 29.3 Å². The molecule has 1 aromatic carbocycles. The predicted molar refractivity (Wildman–Crippen MR) is 82.3 cm³/mol. The van der Waals surface area contributed by atoms with E-state index < -0.39 is 0 Å². The molecule has 19 heavy (non-hydrogen) atoms. The molecule has 0 amide bonds. The van der Waals surface area contributed by atoms with E-state index in [0.717, 1.165) is 13.0 Å². The maximum Gasteiger partial charge on any atom is 0.0424 e. The number of likely N-dealkylation sites (tertiary alicyclic amines) is 1. The minimum absolute atomic E-state index is 0.158. The van der Waals surface area contributed by atoms with Crippen molar-refractivity contribution in [2.75, 3.05) is 19.6 Å². The monoisotopic (exact) mass is 260 g/mol. The van der Waals surface area contributed by atoms with Gasteiger partial charge in [-0.15, -0.1) is 0 Å². The van der Waals surface area contributed by atoms with Gasteiger partial charge in [0.25, 0.3) is 0 Å². The Morgan fingerprint density at radius 1 is 1.00 bits per heavy atom. The van der Waals surface area contributed by atoms with E-state index in [1.807, 2.05) is 0 Å². The van der Waals surface area contributed by atoms with Crippen LogP contribution in [0.15, 0.2) is 24.3 Å². The molecular formula is C17H28N2. The third kappa shape index (κ3) is 4.63. The molecule has 1 heterocycles. The van der Waals surface area contributed by atoms with Gasteiger partial charge in [-0.05, 0) is 43.5 Å². The first kappa shape index (κ1) is 14.5. The van der Waals surface area contributed by atoms with Crippen LogP contribution >= 0.6 is 0 Å². The van der Waals surface area contributed by atoms with Gasteiger partial charge in [-0.2, -0.15) is 0 Å². The lowest BCUT2D eigenvalue weighted by Crippen LogP contribution is -2.34. The van der Waals surface area contributed by atoms with Crippen molar-refractivity contribution in [3.8, 4) is 0 Å². The first-order valence-corrected chi connectivity index (χ1v) is 7.86. The maximum atomic E-state index is 6.37. The van der Waals surface area contributed by atoms with E-state index in [9.17, 15) is 0 Å². The van der Waals surface area contributed by atoms with E-state index in [2.05, 4.69) is 36.1 Å². The van der Waals surface area contributed by atoms with Crippen LogP contribution in [0.4, 0.5) is 0 Å². The highest BCUT2D eigenvalue weighted by atomic mass is 15.1. The lowest BCUT2D eigenvalue weighted by atomic mass is 10.0. The van der Waals surface area contributed by atoms with E-state index in [-0.39, 0.29) is 6.04 Å². The van der Waals surface area contributed by atoms with Crippen LogP contribution in [0.1, 0.15) is 56.2 Å². The Hall–Kier alpha value is -0.860. The number of nitrogens with two attached hydrogens (primary N) is 1. The molecule has 1 saturated heterocycles. The largest absolute Gasteiger partial charge is 0.323 e. The number of benzene rings is 1. The van der Waals surface area contributed by atoms with Crippen molar-refractivity contribution in [2.24, 2.45) is 5.73 Å². The molecule has 2 N–H and O–H groups in total. The van der Waals surface area contributed by atoms with Gasteiger partial charge in [0.05, 0.1) is 0 Å². The molecule has 1 aromatic rings. The highest BCUT2D eigenvalue weighted by Gasteiger charge is 2.13. The molecule has 2 heteroatoms. The molecule has 1 aliphatic rings. The zero-order valence-electron chi connectivity index (χ0n) is 12.3. The van der Waals surface area contributed by atoms with Crippen LogP contribution in [0.3, 0.4) is 0 Å². The molecule has 2 rings (SSSR count). The van der Waals surface area contributed by atoms with E-state index in [0.29, 0.717) is 0 Å². The molecule has 2 nitrogen and oxygen atoms in total. The van der Waals surface area contributed by atoms with E-state index in [4.69, 9.17) is 5.73 Å². The van der Waals surface area contributed by atoms with Crippen molar-refractivity contribution >= 4 is 0 Å². The predicted octanol–water partition coefficient (Wildman–Crippen LogP) is 3.51. The van der Waals surface area contributed by atoms with Gasteiger partial charge >= 0.3 is 0 Å². The molecule has 1 aliphatic heterocycles. The molecule has 1 unspecified atom stereocenters. The second kappa shape index (κ2) is 7.66. The third-order valence-corrected chi connectivity index (χ3v) is 4.22. The summed E-state index contributed by atoms with van der Waals surface area (Å²) in [6.45, 7) is 5.64. The number of aryl methyl sites for hydroxylation is 1. The second-order valence-corrected chi connectivity index (χ2v) is 5.77. The minimum Gasteiger partial charge on any atom is -0.323 e. The van der Waals surface area contributed by atoms with Crippen LogP contribution in [0.5, 0.6) is 0 Å². The Morgan fingerprint density at radius 3 is 2.16 bits per heavy atom. The molecule has 0 saturated carbocycles. The number of nitrogens with zero attached hydrogens (tertiary/aromatic N) is 1. The summed E-state index contributed by atoms with van der Waals surface area (Å²) in [5.74, 6) is 0. The molecule has 106 valence electrons. The maximum absolute atomic E-state index is 6.37. The Kier molecular flexibility index (Phi) is 5.87. The zero-order valence-corrected chi connectivity index (χ0v) is 12.3. The smallest absolute Gasteiger partial charge is 0.0424 e. The summed E-state index contributed by atoms with van der Waals surface area (Å²) in [7, 11) is 0. The van der Waals surface area contributed by atoms with Gasteiger partial charge in [0, 0.05) is 12.6 Å². The summed E-state index contributed by atoms with van der Waals surface area (Å²) in [5, 5.41) is 0. The Morgan fingerprint density at radius 2 is 1.58 bits per heavy atom. The van der Waals surface area contributed by atoms with Crippen molar-refractivity contribution in [1.29, 1.82) is 0 Å². The molecule has 0 spiro atoms. The quantitative estimate of drug-likeness (QED) is 0.897. The fourth-order valence-corrected chi connectivity index (χ4v) is 2.88. The van der Waals surface area contributed by atoms with Crippen molar-refractivity contribution < 1.29 is 0 Å². The summed E-state index contributed by atoms with van der Waals surface area (Å²) in [6.07, 6.45) is 7.96. The van der Waals surface area contributed by atoms with Gasteiger partial charge in [0.1, 0.15) is 0 Å². The normalized spacial score (nSPS) is 19.7. The molecule has 1 fully saturated rings. The highest BCUT2D eigenvalue weighted by molar-refractivity contribution is 5.25. The minimum atomic E-state index is 0.158. The lowest BCUT2D eigenvalue weighted by molar-refractivity contribution is 0.234. The van der Waals surface area contributed by atoms with Gasteiger partial charge in [-0.25, -0.2) is 0 Å². The summed E-state index contributed by atoms with van der Waals surface area (Å²) >= 11 is 0. The molecule has 0 bridgehead atoms. The first-order valence-electron chi connectivity index (χ1n) is 7.86. The summed E-state index contributed by atoms with van der Waals surface area (Å²) < 4.78 is 0. The van der Waals surface area contributed by atoms with Crippen LogP contribution in [-0.4, -0.2) is 24.5 Å². The van der Waals surface area contributed by atoms with E-state index >= 15 is 0 Å². The van der Waals surface area contributed by atoms with Gasteiger partial charge in [-0.1, -0.05) is 50.5 Å². The van der Waals surface area contributed by atoms with E-state index in [1.54, 1.807) is 0 Å². The fourth-order valence-electron chi connectivity index (χ4n) is 2.88. The molecule has 1 atom stereocenters. The number of hydrogen-bond donors (Lipinski definition) is 1. The zero-order chi connectivity index (χ0) is 13.5. The van der Waals surface area contributed by atoms with Crippen LogP contribution < -0.4 is 5.73 Å². The van der Waals surface area contributed by atoms with Gasteiger partial charge in [0.2, 0.25) is 0 Å². The number of hydrogen-bond acceptors (Lipinski definition) is 2. The van der Waals surface area contributed by atoms with Crippen molar-refractivity contribution in [3.05, 3.63) is 35.4 Å². The Bertz CT molecular complexity index is 350. The summed E-state index contributed by atoms with van der Waals surface area (Å²) in [5.41, 5.74) is 9.03. The third-order valence-electron chi connectivity index (χ3n) is 4.22. The first-order chi connectivity index (χ1) is 9.29. The van der Waals surface area contributed by atoms with Crippen molar-refractivity contribution in [2.45, 2.75) is 51.5 Å². The van der Waals surface area contributed by atoms with E-state index in [1.165, 1.54) is 56.3 Å². The number of rotatable bonds is 4. The average Bonchev–Trinajstić information content (AvgIpc) is 2.41. The van der Waals surface area contributed by atoms with Gasteiger partial charge < -0.3 is 10.6 Å². The molecular weight excluding hydrogens is 232 g/mol. The fraction of sp³-hybridized carbons (Fsp3) is 0.647. The van der Waals surface area contributed by atoms with Crippen LogP contribution in [0.2, 0.25) is 0 Å². The van der Waals surface area contributed by atoms with Crippen molar-refractivity contribution in [3.63, 3.8) is 0 Å². The SMILES string of the molecule is CCc1ccc(C(N)CN2CCCCCCC2)cc1. The van der Waals surface area contributed by atoms with Crippen molar-refractivity contribution in [1.82, 2.24) is 4.90 Å². The summed E-state index contributed by atoms with van der Waals surface area (Å²) in [4.78, 5) is 2.55. The highest BCUT2D eigenvalue weighted by Crippen LogP contribution is 2.16. The Labute approximate surface area is 118 Å². The van der Waals surface area contributed by atoms with Gasteiger partial charge in [0.15, 0.2) is 0 Å². The van der Waals surface area contributed by atoms with Crippen LogP contribution in [0, 0.1) is 0 Å². The van der Waals surface area contributed by atoms with Crippen LogP contribution in [-0.2, 0) is 6.42 Å². The average molecular weight is 260 g/mol. The summed E-state index contributed by atoms with van der Waals surface area (Å²) in [6, 6.07) is 8.98. The molecule has 0 radical (unpaired) electrons. The van der Waals surface area contributed by atoms with Crippen LogP contribution in [0.25, 0.3) is 0 Å². The second-order valence-electron chi connectivity index (χ2n) is 5.77. The Balaban J connectivity index is 1.88. The molecule has 0 aliphatic carbocycles. The lowest BCUT2D eigenvalue weighted by Gasteiger charge is -2.27. The molecule has 0 aromatic heterocycles. The standard InChI is InChI=1S/C17H28N2/c1-2-15-8-10-16(11-9-15)17(18)14-19-12-6-4-3-5-7-13-19/h8-11,17H,2-7,12-14,18H2,1H3.